The molecule has 1 aliphatic rings. The van der Waals surface area contributed by atoms with Crippen LogP contribution in [-0.2, 0) is 0 Å². The molecule has 0 atom stereocenters. The lowest BCUT2D eigenvalue weighted by atomic mass is 9.97. The van der Waals surface area contributed by atoms with E-state index in [9.17, 15) is 4.79 Å². The van der Waals surface area contributed by atoms with Crippen LogP contribution in [0.2, 0.25) is 0 Å². The molecule has 0 aromatic heterocycles. The number of aromatic carboxylic acids is 1. The number of benzene rings is 1. The minimum atomic E-state index is -0.947. The van der Waals surface area contributed by atoms with Crippen molar-refractivity contribution >= 4 is 21.9 Å². The number of carboxylic acid groups (broad SMARTS) is 1. The van der Waals surface area contributed by atoms with Crippen molar-refractivity contribution in [3.8, 4) is 5.75 Å². The standard InChI is InChI=1S/C13H15BrO3/c14-9-6-7-12(11(8-9)13(15)16)17-10-4-2-1-3-5-10/h6-8,10H,1-5H2,(H,15,16). The van der Waals surface area contributed by atoms with Gasteiger partial charge >= 0.3 is 5.97 Å². The van der Waals surface area contributed by atoms with Gasteiger partial charge in [0.25, 0.3) is 0 Å². The Labute approximate surface area is 109 Å². The molecule has 0 bridgehead atoms. The number of carbonyl (C=O) groups is 1. The Morgan fingerprint density at radius 3 is 2.65 bits per heavy atom. The van der Waals surface area contributed by atoms with Crippen molar-refractivity contribution in [1.29, 1.82) is 0 Å². The number of halogens is 1. The van der Waals surface area contributed by atoms with Gasteiger partial charge in [-0.15, -0.1) is 0 Å². The highest BCUT2D eigenvalue weighted by molar-refractivity contribution is 9.10. The fourth-order valence-electron chi connectivity index (χ4n) is 2.13. The lowest BCUT2D eigenvalue weighted by Crippen LogP contribution is -2.20. The van der Waals surface area contributed by atoms with Crippen LogP contribution in [0.1, 0.15) is 42.5 Å². The molecule has 0 heterocycles. The molecule has 0 spiro atoms. The Morgan fingerprint density at radius 2 is 2.00 bits per heavy atom. The first-order valence-electron chi connectivity index (χ1n) is 5.86. The molecule has 1 aromatic carbocycles. The second-order valence-electron chi connectivity index (χ2n) is 4.32. The van der Waals surface area contributed by atoms with E-state index in [2.05, 4.69) is 15.9 Å². The van der Waals surface area contributed by atoms with Crippen molar-refractivity contribution in [2.24, 2.45) is 0 Å². The van der Waals surface area contributed by atoms with Crippen molar-refractivity contribution < 1.29 is 14.6 Å². The van der Waals surface area contributed by atoms with E-state index in [1.165, 1.54) is 19.3 Å². The van der Waals surface area contributed by atoms with Gasteiger partial charge in [0.1, 0.15) is 11.3 Å². The van der Waals surface area contributed by atoms with Gasteiger partial charge in [-0.3, -0.25) is 0 Å². The summed E-state index contributed by atoms with van der Waals surface area (Å²) in [5.74, 6) is -0.468. The molecule has 0 unspecified atom stereocenters. The summed E-state index contributed by atoms with van der Waals surface area (Å²) < 4.78 is 6.56. The van der Waals surface area contributed by atoms with Crippen LogP contribution in [0, 0.1) is 0 Å². The number of carboxylic acids is 1. The fourth-order valence-corrected chi connectivity index (χ4v) is 2.50. The quantitative estimate of drug-likeness (QED) is 0.922. The number of rotatable bonds is 3. The maximum absolute atomic E-state index is 11.1. The molecular weight excluding hydrogens is 284 g/mol. The largest absolute Gasteiger partial charge is 0.490 e. The van der Waals surface area contributed by atoms with E-state index in [-0.39, 0.29) is 11.7 Å². The first kappa shape index (κ1) is 12.4. The highest BCUT2D eigenvalue weighted by Gasteiger charge is 2.18. The number of hydrogen-bond donors (Lipinski definition) is 1. The zero-order chi connectivity index (χ0) is 12.3. The van der Waals surface area contributed by atoms with Gasteiger partial charge in [0.2, 0.25) is 0 Å². The molecule has 1 aliphatic carbocycles. The molecule has 3 nitrogen and oxygen atoms in total. The molecule has 1 aromatic rings. The minimum Gasteiger partial charge on any atom is -0.490 e. The predicted molar refractivity (Wildman–Crippen MR) is 68.6 cm³/mol. The molecular formula is C13H15BrO3. The van der Waals surface area contributed by atoms with Crippen LogP contribution < -0.4 is 4.74 Å². The van der Waals surface area contributed by atoms with Gasteiger partial charge in [-0.25, -0.2) is 4.79 Å². The molecule has 0 amide bonds. The molecule has 2 rings (SSSR count). The van der Waals surface area contributed by atoms with E-state index in [1.807, 2.05) is 6.07 Å². The maximum Gasteiger partial charge on any atom is 0.339 e. The third kappa shape index (κ3) is 3.22. The van der Waals surface area contributed by atoms with Crippen LogP contribution in [-0.4, -0.2) is 17.2 Å². The Morgan fingerprint density at radius 1 is 1.29 bits per heavy atom. The third-order valence-corrected chi connectivity index (χ3v) is 3.51. The lowest BCUT2D eigenvalue weighted by Gasteiger charge is -2.23. The highest BCUT2D eigenvalue weighted by Crippen LogP contribution is 2.28. The summed E-state index contributed by atoms with van der Waals surface area (Å²) in [6, 6.07) is 5.12. The van der Waals surface area contributed by atoms with Gasteiger partial charge in [-0.1, -0.05) is 22.4 Å². The zero-order valence-electron chi connectivity index (χ0n) is 9.49. The summed E-state index contributed by atoms with van der Waals surface area (Å²) in [5.41, 5.74) is 0.227. The summed E-state index contributed by atoms with van der Waals surface area (Å²) in [5, 5.41) is 9.12. The van der Waals surface area contributed by atoms with Crippen molar-refractivity contribution in [2.45, 2.75) is 38.2 Å². The van der Waals surface area contributed by atoms with Gasteiger partial charge in [-0.2, -0.15) is 0 Å². The maximum atomic E-state index is 11.1. The van der Waals surface area contributed by atoms with Crippen molar-refractivity contribution in [2.75, 3.05) is 0 Å². The second-order valence-corrected chi connectivity index (χ2v) is 5.24. The summed E-state index contributed by atoms with van der Waals surface area (Å²) in [7, 11) is 0. The van der Waals surface area contributed by atoms with E-state index in [1.54, 1.807) is 12.1 Å². The van der Waals surface area contributed by atoms with Crippen LogP contribution >= 0.6 is 15.9 Å². The predicted octanol–water partition coefficient (Wildman–Crippen LogP) is 3.86. The van der Waals surface area contributed by atoms with Gasteiger partial charge < -0.3 is 9.84 Å². The SMILES string of the molecule is O=C(O)c1cc(Br)ccc1OC1CCCCC1. The van der Waals surface area contributed by atoms with E-state index in [4.69, 9.17) is 9.84 Å². The van der Waals surface area contributed by atoms with Gasteiger partial charge in [0.05, 0.1) is 6.10 Å². The molecule has 1 N–H and O–H groups in total. The van der Waals surface area contributed by atoms with Crippen LogP contribution in [0.5, 0.6) is 5.75 Å². The lowest BCUT2D eigenvalue weighted by molar-refractivity contribution is 0.0686. The molecule has 1 saturated carbocycles. The molecule has 1 fully saturated rings. The van der Waals surface area contributed by atoms with E-state index in [0.29, 0.717) is 5.75 Å². The van der Waals surface area contributed by atoms with Gasteiger partial charge in [0.15, 0.2) is 0 Å². The molecule has 0 saturated heterocycles. The monoisotopic (exact) mass is 298 g/mol. The Kier molecular flexibility index (Phi) is 4.05. The molecule has 17 heavy (non-hydrogen) atoms. The Balaban J connectivity index is 2.16. The summed E-state index contributed by atoms with van der Waals surface area (Å²) in [6.07, 6.45) is 5.81. The van der Waals surface area contributed by atoms with Crippen LogP contribution in [0.15, 0.2) is 22.7 Å². The molecule has 92 valence electrons. The number of ether oxygens (including phenoxy) is 1. The van der Waals surface area contributed by atoms with E-state index in [0.717, 1.165) is 17.3 Å². The van der Waals surface area contributed by atoms with Gasteiger partial charge in [0, 0.05) is 4.47 Å². The van der Waals surface area contributed by atoms with Gasteiger partial charge in [-0.05, 0) is 43.9 Å². The Bertz CT molecular complexity index is 411. The zero-order valence-corrected chi connectivity index (χ0v) is 11.1. The van der Waals surface area contributed by atoms with E-state index >= 15 is 0 Å². The molecule has 4 heteroatoms. The van der Waals surface area contributed by atoms with Crippen LogP contribution in [0.3, 0.4) is 0 Å². The van der Waals surface area contributed by atoms with Crippen molar-refractivity contribution in [3.63, 3.8) is 0 Å². The first-order chi connectivity index (χ1) is 8.16. The topological polar surface area (TPSA) is 46.5 Å². The summed E-state index contributed by atoms with van der Waals surface area (Å²) in [4.78, 5) is 11.1. The van der Waals surface area contributed by atoms with Crippen molar-refractivity contribution in [1.82, 2.24) is 0 Å². The molecule has 0 aliphatic heterocycles. The summed E-state index contributed by atoms with van der Waals surface area (Å²) in [6.45, 7) is 0. The fraction of sp³-hybridized carbons (Fsp3) is 0.462. The first-order valence-corrected chi connectivity index (χ1v) is 6.65. The average Bonchev–Trinajstić information content (AvgIpc) is 2.32. The van der Waals surface area contributed by atoms with Crippen LogP contribution in [0.4, 0.5) is 0 Å². The minimum absolute atomic E-state index is 0.169. The molecule has 0 radical (unpaired) electrons. The normalized spacial score (nSPS) is 16.8. The summed E-state index contributed by atoms with van der Waals surface area (Å²) >= 11 is 3.27. The van der Waals surface area contributed by atoms with E-state index < -0.39 is 5.97 Å². The van der Waals surface area contributed by atoms with Crippen LogP contribution in [0.25, 0.3) is 0 Å². The third-order valence-electron chi connectivity index (χ3n) is 3.02. The Hall–Kier alpha value is -1.03. The van der Waals surface area contributed by atoms with Crippen molar-refractivity contribution in [3.05, 3.63) is 28.2 Å². The smallest absolute Gasteiger partial charge is 0.339 e. The highest BCUT2D eigenvalue weighted by atomic mass is 79.9. The number of hydrogen-bond acceptors (Lipinski definition) is 2. The second kappa shape index (κ2) is 5.54. The average molecular weight is 299 g/mol.